The first-order valence-corrected chi connectivity index (χ1v) is 12.5. The van der Waals surface area contributed by atoms with Crippen LogP contribution in [-0.4, -0.2) is 37.6 Å². The quantitative estimate of drug-likeness (QED) is 0.416. The number of carbonyl (C=O) groups excluding carboxylic acids is 2. The second-order valence-electron chi connectivity index (χ2n) is 8.62. The van der Waals surface area contributed by atoms with Gasteiger partial charge in [-0.25, -0.2) is 0 Å². The van der Waals surface area contributed by atoms with Gasteiger partial charge in [0.2, 0.25) is 5.91 Å². The van der Waals surface area contributed by atoms with Gasteiger partial charge in [-0.15, -0.1) is 0 Å². The van der Waals surface area contributed by atoms with Crippen molar-refractivity contribution in [1.82, 2.24) is 0 Å². The van der Waals surface area contributed by atoms with Crippen molar-refractivity contribution in [1.29, 1.82) is 0 Å². The Hall–Kier alpha value is -4.00. The number of carbonyl (C=O) groups is 2. The minimum atomic E-state index is -0.505. The fourth-order valence-electron chi connectivity index (χ4n) is 4.40. The van der Waals surface area contributed by atoms with Crippen molar-refractivity contribution < 1.29 is 19.1 Å². The molecule has 0 fully saturated rings. The van der Waals surface area contributed by atoms with E-state index >= 15 is 0 Å². The normalized spacial score (nSPS) is 13.4. The van der Waals surface area contributed by atoms with Gasteiger partial charge in [-0.3, -0.25) is 9.59 Å². The van der Waals surface area contributed by atoms with Crippen molar-refractivity contribution in [2.24, 2.45) is 0 Å². The lowest BCUT2D eigenvalue weighted by molar-refractivity contribution is -0.119. The first-order chi connectivity index (χ1) is 17.5. The molecule has 0 radical (unpaired) electrons. The molecule has 1 aliphatic heterocycles. The first kappa shape index (κ1) is 25.1. The van der Waals surface area contributed by atoms with E-state index in [4.69, 9.17) is 9.47 Å². The van der Waals surface area contributed by atoms with Crippen LogP contribution in [0.2, 0.25) is 0 Å². The molecule has 1 atom stereocenters. The summed E-state index contributed by atoms with van der Waals surface area (Å²) in [6.45, 7) is 7.15. The average molecular weight is 488 g/mol. The Bertz CT molecular complexity index is 1210. The Morgan fingerprint density at radius 1 is 0.917 bits per heavy atom. The van der Waals surface area contributed by atoms with Crippen LogP contribution in [0, 0.1) is 0 Å². The fourth-order valence-corrected chi connectivity index (χ4v) is 4.40. The summed E-state index contributed by atoms with van der Waals surface area (Å²) in [6, 6.07) is 20.1. The minimum Gasteiger partial charge on any atom is -0.492 e. The standard InChI is InChI=1S/C29H33N3O4/c1-4-35-26-19-24(31-28(33)22-13-7-6-8-14-22)27(36-5-2)18-23(26)30-20(3)29(34)32-17-11-15-21-12-9-10-16-25(21)32/h6-10,12-14,16,18-20,30H,4-5,11,15,17H2,1-3H3,(H,31,33). The maximum atomic E-state index is 13.4. The molecule has 0 saturated heterocycles. The number of hydrogen-bond donors (Lipinski definition) is 2. The average Bonchev–Trinajstić information content (AvgIpc) is 2.90. The summed E-state index contributed by atoms with van der Waals surface area (Å²) in [5.74, 6) is 0.773. The van der Waals surface area contributed by atoms with Gasteiger partial charge in [0, 0.05) is 29.9 Å². The third-order valence-corrected chi connectivity index (χ3v) is 6.08. The molecule has 4 rings (SSSR count). The second kappa shape index (κ2) is 11.6. The van der Waals surface area contributed by atoms with Crippen molar-refractivity contribution in [3.05, 3.63) is 77.9 Å². The second-order valence-corrected chi connectivity index (χ2v) is 8.62. The van der Waals surface area contributed by atoms with Crippen LogP contribution < -0.4 is 25.0 Å². The van der Waals surface area contributed by atoms with Crippen molar-refractivity contribution in [3.63, 3.8) is 0 Å². The molecule has 0 spiro atoms. The van der Waals surface area contributed by atoms with Crippen LogP contribution in [0.25, 0.3) is 0 Å². The van der Waals surface area contributed by atoms with Gasteiger partial charge >= 0.3 is 0 Å². The van der Waals surface area contributed by atoms with Crippen molar-refractivity contribution in [3.8, 4) is 11.5 Å². The number of hydrogen-bond acceptors (Lipinski definition) is 5. The number of aryl methyl sites for hydroxylation is 1. The molecule has 0 aliphatic carbocycles. The Kier molecular flexibility index (Phi) is 8.10. The van der Waals surface area contributed by atoms with E-state index in [9.17, 15) is 9.59 Å². The summed E-state index contributed by atoms with van der Waals surface area (Å²) in [4.78, 5) is 28.1. The minimum absolute atomic E-state index is 0.0102. The zero-order valence-corrected chi connectivity index (χ0v) is 21.0. The summed E-state index contributed by atoms with van der Waals surface area (Å²) in [5.41, 5.74) is 3.84. The number of fused-ring (bicyclic) bond motifs is 1. The van der Waals surface area contributed by atoms with E-state index in [0.29, 0.717) is 48.2 Å². The molecule has 36 heavy (non-hydrogen) atoms. The largest absolute Gasteiger partial charge is 0.492 e. The predicted octanol–water partition coefficient (Wildman–Crippen LogP) is 5.52. The summed E-state index contributed by atoms with van der Waals surface area (Å²) >= 11 is 0. The van der Waals surface area contributed by atoms with Gasteiger partial charge in [-0.05, 0) is 57.4 Å². The van der Waals surface area contributed by atoms with E-state index in [1.54, 1.807) is 24.3 Å². The van der Waals surface area contributed by atoms with Crippen LogP contribution in [-0.2, 0) is 11.2 Å². The topological polar surface area (TPSA) is 79.9 Å². The number of amides is 2. The number of nitrogens with zero attached hydrogens (tertiary/aromatic N) is 1. The van der Waals surface area contributed by atoms with E-state index in [-0.39, 0.29) is 11.8 Å². The van der Waals surface area contributed by atoms with Crippen LogP contribution in [0.15, 0.2) is 66.7 Å². The van der Waals surface area contributed by atoms with E-state index in [1.807, 2.05) is 62.1 Å². The Balaban J connectivity index is 1.59. The summed E-state index contributed by atoms with van der Waals surface area (Å²) in [7, 11) is 0. The molecule has 1 aliphatic rings. The Labute approximate surface area is 212 Å². The zero-order valence-electron chi connectivity index (χ0n) is 21.0. The molecule has 7 heteroatoms. The van der Waals surface area contributed by atoms with Crippen LogP contribution in [0.5, 0.6) is 11.5 Å². The maximum absolute atomic E-state index is 13.4. The number of para-hydroxylation sites is 1. The van der Waals surface area contributed by atoms with Crippen LogP contribution >= 0.6 is 0 Å². The molecule has 7 nitrogen and oxygen atoms in total. The van der Waals surface area contributed by atoms with E-state index in [1.165, 1.54) is 5.56 Å². The molecular formula is C29H33N3O4. The van der Waals surface area contributed by atoms with Crippen LogP contribution in [0.1, 0.15) is 43.1 Å². The Morgan fingerprint density at radius 3 is 2.28 bits per heavy atom. The number of benzene rings is 3. The third kappa shape index (κ3) is 5.62. The van der Waals surface area contributed by atoms with Gasteiger partial charge in [0.05, 0.1) is 24.6 Å². The van der Waals surface area contributed by atoms with Crippen LogP contribution in [0.4, 0.5) is 17.1 Å². The van der Waals surface area contributed by atoms with Crippen molar-refractivity contribution in [2.45, 2.75) is 39.7 Å². The molecule has 0 bridgehead atoms. The van der Waals surface area contributed by atoms with Gasteiger partial charge in [0.15, 0.2) is 0 Å². The van der Waals surface area contributed by atoms with Gasteiger partial charge < -0.3 is 25.0 Å². The van der Waals surface area contributed by atoms with E-state index < -0.39 is 6.04 Å². The van der Waals surface area contributed by atoms with Gasteiger partial charge in [0.1, 0.15) is 17.5 Å². The highest BCUT2D eigenvalue weighted by Gasteiger charge is 2.27. The highest BCUT2D eigenvalue weighted by Crippen LogP contribution is 2.38. The molecule has 2 N–H and O–H groups in total. The van der Waals surface area contributed by atoms with Gasteiger partial charge in [0.25, 0.3) is 5.91 Å². The summed E-state index contributed by atoms with van der Waals surface area (Å²) in [6.07, 6.45) is 1.91. The van der Waals surface area contributed by atoms with Gasteiger partial charge in [-0.2, -0.15) is 0 Å². The molecular weight excluding hydrogens is 454 g/mol. The van der Waals surface area contributed by atoms with Gasteiger partial charge in [-0.1, -0.05) is 36.4 Å². The highest BCUT2D eigenvalue weighted by atomic mass is 16.5. The van der Waals surface area contributed by atoms with Crippen molar-refractivity contribution >= 4 is 28.9 Å². The van der Waals surface area contributed by atoms with E-state index in [2.05, 4.69) is 16.7 Å². The molecule has 3 aromatic carbocycles. The zero-order chi connectivity index (χ0) is 25.5. The SMILES string of the molecule is CCOc1cc(NC(C)C(=O)N2CCCc3ccccc32)c(OCC)cc1NC(=O)c1ccccc1. The summed E-state index contributed by atoms with van der Waals surface area (Å²) in [5, 5.41) is 6.25. The van der Waals surface area contributed by atoms with E-state index in [0.717, 1.165) is 18.5 Å². The maximum Gasteiger partial charge on any atom is 0.255 e. The molecule has 0 saturated carbocycles. The lowest BCUT2D eigenvalue weighted by Gasteiger charge is -2.32. The highest BCUT2D eigenvalue weighted by molar-refractivity contribution is 6.05. The first-order valence-electron chi connectivity index (χ1n) is 12.5. The molecule has 1 heterocycles. The van der Waals surface area contributed by atoms with Crippen molar-refractivity contribution in [2.75, 3.05) is 35.3 Å². The number of rotatable bonds is 9. The number of nitrogens with one attached hydrogen (secondary N) is 2. The summed E-state index contributed by atoms with van der Waals surface area (Å²) < 4.78 is 11.7. The third-order valence-electron chi connectivity index (χ3n) is 6.08. The lowest BCUT2D eigenvalue weighted by atomic mass is 10.0. The fraction of sp³-hybridized carbons (Fsp3) is 0.310. The molecule has 1 unspecified atom stereocenters. The molecule has 0 aromatic heterocycles. The molecule has 3 aromatic rings. The predicted molar refractivity (Wildman–Crippen MR) is 143 cm³/mol. The molecule has 2 amide bonds. The Morgan fingerprint density at radius 2 is 1.56 bits per heavy atom. The number of anilines is 3. The smallest absolute Gasteiger partial charge is 0.255 e. The monoisotopic (exact) mass is 487 g/mol. The lowest BCUT2D eigenvalue weighted by Crippen LogP contribution is -2.44. The number of ether oxygens (including phenoxy) is 2. The van der Waals surface area contributed by atoms with Crippen LogP contribution in [0.3, 0.4) is 0 Å². The molecule has 188 valence electrons.